The average molecular weight is 258 g/mol. The van der Waals surface area contributed by atoms with Crippen LogP contribution in [0.15, 0.2) is 6.20 Å². The van der Waals surface area contributed by atoms with Gasteiger partial charge in [-0.3, -0.25) is 9.69 Å². The van der Waals surface area contributed by atoms with Crippen LogP contribution < -0.4 is 4.90 Å². The molecule has 86 valence electrons. The summed E-state index contributed by atoms with van der Waals surface area (Å²) < 4.78 is 4.57. The molecule has 1 aromatic rings. The fraction of sp³-hybridized carbons (Fsp3) is 0.444. The fourth-order valence-corrected chi connectivity index (χ4v) is 2.64. The Morgan fingerprint density at radius 3 is 3.06 bits per heavy atom. The molecule has 0 spiro atoms. The monoisotopic (exact) mass is 258 g/mol. The van der Waals surface area contributed by atoms with Crippen molar-refractivity contribution in [3.63, 3.8) is 0 Å². The number of amides is 1. The van der Waals surface area contributed by atoms with Crippen LogP contribution >= 0.6 is 24.0 Å². The Balaban J connectivity index is 2.19. The number of anilines is 1. The third-order valence-corrected chi connectivity index (χ3v) is 3.56. The molecule has 2 heterocycles. The Bertz CT molecular complexity index is 432. The number of hydrogen-bond acceptors (Lipinski definition) is 6. The maximum atomic E-state index is 11.6. The van der Waals surface area contributed by atoms with Gasteiger partial charge in [-0.15, -0.1) is 0 Å². The summed E-state index contributed by atoms with van der Waals surface area (Å²) >= 11 is 5.40. The van der Waals surface area contributed by atoms with Gasteiger partial charge < -0.3 is 4.74 Å². The lowest BCUT2D eigenvalue weighted by atomic mass is 10.4. The minimum Gasteiger partial charge on any atom is -0.465 e. The van der Waals surface area contributed by atoms with Gasteiger partial charge in [0.15, 0.2) is 5.13 Å². The number of thiol groups is 1. The Hall–Kier alpha value is -1.08. The van der Waals surface area contributed by atoms with Crippen LogP contribution in [0.1, 0.15) is 16.1 Å². The molecule has 0 bridgehead atoms. The van der Waals surface area contributed by atoms with E-state index in [0.29, 0.717) is 23.0 Å². The van der Waals surface area contributed by atoms with Crippen molar-refractivity contribution in [2.75, 3.05) is 18.6 Å². The van der Waals surface area contributed by atoms with E-state index in [4.69, 9.17) is 0 Å². The molecule has 1 aliphatic heterocycles. The predicted octanol–water partition coefficient (Wildman–Crippen LogP) is 0.965. The van der Waals surface area contributed by atoms with Crippen molar-refractivity contribution in [1.82, 2.24) is 4.98 Å². The Labute approximate surface area is 102 Å². The highest BCUT2D eigenvalue weighted by molar-refractivity contribution is 7.81. The van der Waals surface area contributed by atoms with E-state index in [2.05, 4.69) is 22.3 Å². The highest BCUT2D eigenvalue weighted by Crippen LogP contribution is 2.28. The number of hydrogen-bond donors (Lipinski definition) is 1. The smallest absolute Gasteiger partial charge is 0.349 e. The molecule has 0 aliphatic carbocycles. The van der Waals surface area contributed by atoms with Crippen LogP contribution in [0.5, 0.6) is 0 Å². The van der Waals surface area contributed by atoms with Gasteiger partial charge in [0.25, 0.3) is 0 Å². The third-order valence-electron chi connectivity index (χ3n) is 2.22. The van der Waals surface area contributed by atoms with E-state index >= 15 is 0 Å². The summed E-state index contributed by atoms with van der Waals surface area (Å²) in [5.41, 5.74) is 0. The maximum Gasteiger partial charge on any atom is 0.349 e. The van der Waals surface area contributed by atoms with Crippen molar-refractivity contribution >= 4 is 41.0 Å². The minimum absolute atomic E-state index is 0.00855. The number of carbonyl (C=O) groups is 2. The van der Waals surface area contributed by atoms with Crippen molar-refractivity contribution in [1.29, 1.82) is 0 Å². The first kappa shape index (κ1) is 11.4. The number of ether oxygens (including phenoxy) is 1. The summed E-state index contributed by atoms with van der Waals surface area (Å²) in [7, 11) is 1.31. The SMILES string of the molecule is COC(=O)c1cnc(N2CC(S)CC2=O)s1. The molecule has 2 rings (SSSR count). The van der Waals surface area contributed by atoms with Gasteiger partial charge in [0.1, 0.15) is 4.88 Å². The van der Waals surface area contributed by atoms with Crippen molar-refractivity contribution in [2.24, 2.45) is 0 Å². The molecule has 0 radical (unpaired) electrons. The molecule has 0 aromatic carbocycles. The molecule has 1 unspecified atom stereocenters. The molecular weight excluding hydrogens is 248 g/mol. The van der Waals surface area contributed by atoms with E-state index < -0.39 is 5.97 Å². The van der Waals surface area contributed by atoms with Gasteiger partial charge in [0.05, 0.1) is 13.3 Å². The van der Waals surface area contributed by atoms with E-state index in [1.54, 1.807) is 4.90 Å². The Morgan fingerprint density at radius 2 is 2.50 bits per heavy atom. The zero-order valence-corrected chi connectivity index (χ0v) is 10.3. The van der Waals surface area contributed by atoms with Crippen LogP contribution in [-0.4, -0.2) is 35.8 Å². The van der Waals surface area contributed by atoms with Gasteiger partial charge in [0.2, 0.25) is 5.91 Å². The third kappa shape index (κ3) is 2.05. The van der Waals surface area contributed by atoms with Crippen LogP contribution in [0.2, 0.25) is 0 Å². The lowest BCUT2D eigenvalue weighted by molar-refractivity contribution is -0.117. The van der Waals surface area contributed by atoms with E-state index in [9.17, 15) is 9.59 Å². The number of thiazole rings is 1. The number of aromatic nitrogens is 1. The summed E-state index contributed by atoms with van der Waals surface area (Å²) in [5.74, 6) is -0.441. The van der Waals surface area contributed by atoms with Gasteiger partial charge in [-0.05, 0) is 0 Å². The maximum absolute atomic E-state index is 11.6. The number of esters is 1. The molecule has 0 N–H and O–H groups in total. The second-order valence-electron chi connectivity index (χ2n) is 3.36. The topological polar surface area (TPSA) is 59.5 Å². The minimum atomic E-state index is -0.433. The number of rotatable bonds is 2. The highest BCUT2D eigenvalue weighted by Gasteiger charge is 2.30. The predicted molar refractivity (Wildman–Crippen MR) is 63.2 cm³/mol. The summed E-state index contributed by atoms with van der Waals surface area (Å²) in [5, 5.41) is 0.569. The van der Waals surface area contributed by atoms with Crippen molar-refractivity contribution in [3.8, 4) is 0 Å². The van der Waals surface area contributed by atoms with E-state index in [1.165, 1.54) is 13.3 Å². The fourth-order valence-electron chi connectivity index (χ4n) is 1.46. The van der Waals surface area contributed by atoms with Crippen LogP contribution in [0, 0.1) is 0 Å². The van der Waals surface area contributed by atoms with Crippen molar-refractivity contribution in [2.45, 2.75) is 11.7 Å². The first-order valence-corrected chi connectivity index (χ1v) is 5.97. The first-order valence-electron chi connectivity index (χ1n) is 4.64. The van der Waals surface area contributed by atoms with Crippen LogP contribution in [0.4, 0.5) is 5.13 Å². The molecule has 1 aliphatic rings. The molecule has 5 nitrogen and oxygen atoms in total. The molecule has 1 amide bonds. The zero-order chi connectivity index (χ0) is 11.7. The standard InChI is InChI=1S/C9H10N2O3S2/c1-14-8(13)6-3-10-9(16-6)11-4-5(15)2-7(11)12/h3,5,15H,2,4H2,1H3. The van der Waals surface area contributed by atoms with E-state index in [-0.39, 0.29) is 11.2 Å². The highest BCUT2D eigenvalue weighted by atomic mass is 32.1. The number of carbonyl (C=O) groups excluding carboxylic acids is 2. The van der Waals surface area contributed by atoms with Gasteiger partial charge in [0, 0.05) is 18.2 Å². The molecule has 1 aromatic heterocycles. The molecule has 1 saturated heterocycles. The zero-order valence-electron chi connectivity index (χ0n) is 8.54. The molecule has 1 atom stereocenters. The lowest BCUT2D eigenvalue weighted by Crippen LogP contribution is -2.24. The van der Waals surface area contributed by atoms with E-state index in [1.807, 2.05) is 0 Å². The number of methoxy groups -OCH3 is 1. The van der Waals surface area contributed by atoms with Gasteiger partial charge in [-0.1, -0.05) is 11.3 Å². The Morgan fingerprint density at radius 1 is 1.75 bits per heavy atom. The van der Waals surface area contributed by atoms with Crippen LogP contribution in [0.25, 0.3) is 0 Å². The van der Waals surface area contributed by atoms with Crippen molar-refractivity contribution < 1.29 is 14.3 Å². The van der Waals surface area contributed by atoms with Crippen LogP contribution in [0.3, 0.4) is 0 Å². The summed E-state index contributed by atoms with van der Waals surface area (Å²) in [4.78, 5) is 28.8. The summed E-state index contributed by atoms with van der Waals surface area (Å²) in [6.45, 7) is 0.538. The quantitative estimate of drug-likeness (QED) is 0.634. The van der Waals surface area contributed by atoms with Gasteiger partial charge in [-0.25, -0.2) is 9.78 Å². The molecule has 16 heavy (non-hydrogen) atoms. The van der Waals surface area contributed by atoms with Crippen LogP contribution in [-0.2, 0) is 9.53 Å². The van der Waals surface area contributed by atoms with Gasteiger partial charge >= 0.3 is 5.97 Å². The first-order chi connectivity index (χ1) is 7.61. The Kier molecular flexibility index (Phi) is 3.15. The van der Waals surface area contributed by atoms with E-state index in [0.717, 1.165) is 11.3 Å². The van der Waals surface area contributed by atoms with Crippen molar-refractivity contribution in [3.05, 3.63) is 11.1 Å². The largest absolute Gasteiger partial charge is 0.465 e. The second-order valence-corrected chi connectivity index (χ2v) is 5.10. The lowest BCUT2D eigenvalue weighted by Gasteiger charge is -2.10. The average Bonchev–Trinajstić information content (AvgIpc) is 2.83. The molecule has 1 fully saturated rings. The second kappa shape index (κ2) is 4.42. The molecule has 7 heteroatoms. The summed E-state index contributed by atoms with van der Waals surface area (Å²) in [6.07, 6.45) is 1.83. The molecule has 0 saturated carbocycles. The van der Waals surface area contributed by atoms with Gasteiger partial charge in [-0.2, -0.15) is 12.6 Å². The summed E-state index contributed by atoms with van der Waals surface area (Å²) in [6, 6.07) is 0. The number of nitrogens with zero attached hydrogens (tertiary/aromatic N) is 2. The normalized spacial score (nSPS) is 20.2. The molecular formula is C9H10N2O3S2.